The number of hydrogen-bond acceptors (Lipinski definition) is 1. The molecule has 0 unspecified atom stereocenters. The first kappa shape index (κ1) is 9.17. The van der Waals surface area contributed by atoms with Gasteiger partial charge in [-0.3, -0.25) is 0 Å². The van der Waals surface area contributed by atoms with Crippen molar-refractivity contribution in [1.29, 1.82) is 0 Å². The lowest BCUT2D eigenvalue weighted by Gasteiger charge is -2.15. The second kappa shape index (κ2) is 3.21. The van der Waals surface area contributed by atoms with Crippen LogP contribution in [0.15, 0.2) is 12.1 Å². The molecule has 0 aromatic carbocycles. The maximum absolute atomic E-state index is 5.33. The van der Waals surface area contributed by atoms with E-state index >= 15 is 0 Å². The van der Waals surface area contributed by atoms with Crippen molar-refractivity contribution in [2.75, 3.05) is 6.61 Å². The second-order valence-electron chi connectivity index (χ2n) is 3.92. The van der Waals surface area contributed by atoms with Crippen molar-refractivity contribution in [3.63, 3.8) is 0 Å². The van der Waals surface area contributed by atoms with Gasteiger partial charge in [0.15, 0.2) is 5.88 Å². The number of hydrogen-bond donors (Lipinski definition) is 1. The van der Waals surface area contributed by atoms with Gasteiger partial charge in [-0.2, -0.15) is 0 Å². The summed E-state index contributed by atoms with van der Waals surface area (Å²) in [5.74, 6) is 0.863. The van der Waals surface area contributed by atoms with E-state index in [0.717, 1.165) is 5.88 Å². The van der Waals surface area contributed by atoms with Gasteiger partial charge in [-0.15, -0.1) is 0 Å². The molecule has 68 valence electrons. The molecular formula is C10H17NO. The zero-order valence-corrected chi connectivity index (χ0v) is 8.27. The minimum Gasteiger partial charge on any atom is -0.479 e. The Morgan fingerprint density at radius 2 is 2.00 bits per heavy atom. The maximum atomic E-state index is 5.33. The molecule has 0 fully saturated rings. The van der Waals surface area contributed by atoms with Gasteiger partial charge in [-0.05, 0) is 19.1 Å². The Balaban J connectivity index is 2.77. The molecule has 0 saturated carbocycles. The van der Waals surface area contributed by atoms with Crippen LogP contribution in [0.2, 0.25) is 0 Å². The molecule has 0 amide bonds. The fourth-order valence-corrected chi connectivity index (χ4v) is 1.05. The van der Waals surface area contributed by atoms with Gasteiger partial charge in [0.25, 0.3) is 0 Å². The highest BCUT2D eigenvalue weighted by molar-refractivity contribution is 5.23. The molecule has 1 aromatic rings. The number of aromatic nitrogens is 1. The number of aromatic amines is 1. The molecule has 1 rings (SSSR count). The second-order valence-corrected chi connectivity index (χ2v) is 3.92. The Kier molecular flexibility index (Phi) is 2.46. The van der Waals surface area contributed by atoms with Crippen LogP contribution in [-0.2, 0) is 5.41 Å². The van der Waals surface area contributed by atoms with Gasteiger partial charge in [0, 0.05) is 11.1 Å². The quantitative estimate of drug-likeness (QED) is 0.719. The van der Waals surface area contributed by atoms with Gasteiger partial charge in [0.2, 0.25) is 0 Å². The van der Waals surface area contributed by atoms with E-state index in [-0.39, 0.29) is 5.41 Å². The van der Waals surface area contributed by atoms with E-state index in [9.17, 15) is 0 Å². The third kappa shape index (κ3) is 2.03. The van der Waals surface area contributed by atoms with Gasteiger partial charge in [-0.25, -0.2) is 0 Å². The fraction of sp³-hybridized carbons (Fsp3) is 0.600. The van der Waals surface area contributed by atoms with E-state index in [1.807, 2.05) is 13.0 Å². The minimum absolute atomic E-state index is 0.176. The molecule has 0 radical (unpaired) electrons. The summed E-state index contributed by atoms with van der Waals surface area (Å²) >= 11 is 0. The van der Waals surface area contributed by atoms with E-state index in [4.69, 9.17) is 4.74 Å². The Morgan fingerprint density at radius 1 is 1.33 bits per heavy atom. The Bertz CT molecular complexity index is 245. The topological polar surface area (TPSA) is 25.0 Å². The highest BCUT2D eigenvalue weighted by Gasteiger charge is 2.15. The Morgan fingerprint density at radius 3 is 2.42 bits per heavy atom. The first-order valence-electron chi connectivity index (χ1n) is 4.36. The van der Waals surface area contributed by atoms with Crippen LogP contribution in [0.5, 0.6) is 5.88 Å². The van der Waals surface area contributed by atoms with E-state index in [1.165, 1.54) is 5.69 Å². The van der Waals surface area contributed by atoms with Crippen molar-refractivity contribution >= 4 is 0 Å². The molecule has 0 aliphatic carbocycles. The first-order valence-corrected chi connectivity index (χ1v) is 4.36. The fourth-order valence-electron chi connectivity index (χ4n) is 1.05. The number of ether oxygens (including phenoxy) is 1. The van der Waals surface area contributed by atoms with Gasteiger partial charge >= 0.3 is 0 Å². The summed E-state index contributed by atoms with van der Waals surface area (Å²) in [6, 6.07) is 4.05. The van der Waals surface area contributed by atoms with Crippen molar-refractivity contribution < 1.29 is 4.74 Å². The van der Waals surface area contributed by atoms with Gasteiger partial charge < -0.3 is 9.72 Å². The zero-order valence-electron chi connectivity index (χ0n) is 8.27. The summed E-state index contributed by atoms with van der Waals surface area (Å²) in [4.78, 5) is 3.23. The normalized spacial score (nSPS) is 11.7. The van der Waals surface area contributed by atoms with Crippen molar-refractivity contribution in [3.05, 3.63) is 17.8 Å². The molecule has 1 N–H and O–H groups in total. The lowest BCUT2D eigenvalue weighted by molar-refractivity contribution is 0.327. The molecular weight excluding hydrogens is 150 g/mol. The Hall–Kier alpha value is -0.920. The molecule has 0 bridgehead atoms. The summed E-state index contributed by atoms with van der Waals surface area (Å²) in [7, 11) is 0. The van der Waals surface area contributed by atoms with Crippen LogP contribution in [0.1, 0.15) is 33.4 Å². The molecule has 2 nitrogen and oxygen atoms in total. The molecule has 0 aliphatic heterocycles. The van der Waals surface area contributed by atoms with E-state index < -0.39 is 0 Å². The number of H-pyrrole nitrogens is 1. The summed E-state index contributed by atoms with van der Waals surface area (Å²) in [5, 5.41) is 0. The van der Waals surface area contributed by atoms with Crippen molar-refractivity contribution in [2.45, 2.75) is 33.1 Å². The highest BCUT2D eigenvalue weighted by atomic mass is 16.5. The predicted molar refractivity (Wildman–Crippen MR) is 50.7 cm³/mol. The summed E-state index contributed by atoms with van der Waals surface area (Å²) < 4.78 is 5.33. The number of nitrogens with one attached hydrogen (secondary N) is 1. The maximum Gasteiger partial charge on any atom is 0.190 e. The van der Waals surface area contributed by atoms with Crippen LogP contribution in [-0.4, -0.2) is 11.6 Å². The summed E-state index contributed by atoms with van der Waals surface area (Å²) in [6.07, 6.45) is 0. The molecule has 2 heteroatoms. The lowest BCUT2D eigenvalue weighted by Crippen LogP contribution is -2.11. The van der Waals surface area contributed by atoms with Gasteiger partial charge in [0.05, 0.1) is 6.61 Å². The smallest absolute Gasteiger partial charge is 0.190 e. The average Bonchev–Trinajstić information content (AvgIpc) is 2.35. The molecule has 12 heavy (non-hydrogen) atoms. The van der Waals surface area contributed by atoms with Crippen molar-refractivity contribution in [2.24, 2.45) is 0 Å². The number of rotatable bonds is 2. The SMILES string of the molecule is CCOc1ccc(C(C)(C)C)[nH]1. The third-order valence-corrected chi connectivity index (χ3v) is 1.77. The standard InChI is InChI=1S/C10H17NO/c1-5-12-9-7-6-8(11-9)10(2,3)4/h6-7,11H,5H2,1-4H3. The summed E-state index contributed by atoms with van der Waals surface area (Å²) in [5.41, 5.74) is 1.39. The largest absolute Gasteiger partial charge is 0.479 e. The Labute approximate surface area is 73.9 Å². The van der Waals surface area contributed by atoms with E-state index in [1.54, 1.807) is 0 Å². The molecule has 0 aliphatic rings. The van der Waals surface area contributed by atoms with Crippen LogP contribution in [0.25, 0.3) is 0 Å². The average molecular weight is 167 g/mol. The summed E-state index contributed by atoms with van der Waals surface area (Å²) in [6.45, 7) is 9.22. The lowest BCUT2D eigenvalue weighted by atomic mass is 9.93. The molecule has 0 spiro atoms. The van der Waals surface area contributed by atoms with Gasteiger partial charge in [-0.1, -0.05) is 20.8 Å². The van der Waals surface area contributed by atoms with Crippen LogP contribution in [0.3, 0.4) is 0 Å². The zero-order chi connectivity index (χ0) is 9.19. The van der Waals surface area contributed by atoms with Crippen LogP contribution in [0.4, 0.5) is 0 Å². The van der Waals surface area contributed by atoms with Crippen LogP contribution < -0.4 is 4.74 Å². The molecule has 1 heterocycles. The molecule has 1 aromatic heterocycles. The van der Waals surface area contributed by atoms with Crippen molar-refractivity contribution in [3.8, 4) is 5.88 Å². The molecule has 0 atom stereocenters. The predicted octanol–water partition coefficient (Wildman–Crippen LogP) is 2.71. The van der Waals surface area contributed by atoms with Crippen LogP contribution in [0, 0.1) is 0 Å². The van der Waals surface area contributed by atoms with E-state index in [2.05, 4.69) is 31.8 Å². The highest BCUT2D eigenvalue weighted by Crippen LogP contribution is 2.23. The minimum atomic E-state index is 0.176. The van der Waals surface area contributed by atoms with E-state index in [0.29, 0.717) is 6.61 Å². The molecule has 0 saturated heterocycles. The monoisotopic (exact) mass is 167 g/mol. The first-order chi connectivity index (χ1) is 5.54. The third-order valence-electron chi connectivity index (χ3n) is 1.77. The van der Waals surface area contributed by atoms with Crippen LogP contribution >= 0.6 is 0 Å². The van der Waals surface area contributed by atoms with Crippen molar-refractivity contribution in [1.82, 2.24) is 4.98 Å². The van der Waals surface area contributed by atoms with Gasteiger partial charge in [0.1, 0.15) is 0 Å².